The van der Waals surface area contributed by atoms with Crippen molar-refractivity contribution in [2.75, 3.05) is 0 Å². The third-order valence-corrected chi connectivity index (χ3v) is 3.85. The highest BCUT2D eigenvalue weighted by Crippen LogP contribution is 2.29. The topological polar surface area (TPSA) is 50.3 Å². The molecule has 5 heteroatoms. The fourth-order valence-electron chi connectivity index (χ4n) is 2.13. The molecule has 0 bridgehead atoms. The van der Waals surface area contributed by atoms with Gasteiger partial charge in [0.15, 0.2) is 5.82 Å². The maximum atomic E-state index is 6.17. The summed E-state index contributed by atoms with van der Waals surface area (Å²) in [5, 5.41) is 0. The van der Waals surface area contributed by atoms with Crippen molar-refractivity contribution < 1.29 is 4.43 Å². The lowest BCUT2D eigenvalue weighted by Gasteiger charge is -2.23. The molecule has 0 spiro atoms. The van der Waals surface area contributed by atoms with Crippen LogP contribution in [0.5, 0.6) is 5.75 Å². The Morgan fingerprint density at radius 3 is 2.62 bits per heavy atom. The second kappa shape index (κ2) is 6.26. The van der Waals surface area contributed by atoms with Crippen LogP contribution in [0.4, 0.5) is 0 Å². The van der Waals surface area contributed by atoms with Crippen molar-refractivity contribution in [1.29, 1.82) is 0 Å². The summed E-state index contributed by atoms with van der Waals surface area (Å²) in [6, 6.07) is 8.18. The Bertz CT molecular complexity index is 615. The first-order valence-corrected chi connectivity index (χ1v) is 10.6. The third kappa shape index (κ3) is 4.29. The number of aromatic nitrogens is 2. The number of H-pyrrole nitrogens is 1. The summed E-state index contributed by atoms with van der Waals surface area (Å²) in [6.07, 6.45) is 3.54. The van der Waals surface area contributed by atoms with E-state index in [1.54, 1.807) is 12.4 Å². The van der Waals surface area contributed by atoms with Crippen LogP contribution in [0.1, 0.15) is 31.3 Å². The van der Waals surface area contributed by atoms with E-state index < -0.39 is 8.32 Å². The van der Waals surface area contributed by atoms with Gasteiger partial charge < -0.3 is 9.41 Å². The number of hydrogen-bond donors (Lipinski definition) is 1. The molecule has 0 amide bonds. The molecule has 1 aromatic heterocycles. The van der Waals surface area contributed by atoms with E-state index in [0.29, 0.717) is 0 Å². The van der Waals surface area contributed by atoms with E-state index in [9.17, 15) is 0 Å². The van der Waals surface area contributed by atoms with E-state index in [-0.39, 0.29) is 6.04 Å². The number of aromatic amines is 1. The summed E-state index contributed by atoms with van der Waals surface area (Å²) >= 11 is 0. The summed E-state index contributed by atoms with van der Waals surface area (Å²) in [7, 11) is -1.64. The normalized spacial score (nSPS) is 14.0. The lowest BCUT2D eigenvalue weighted by molar-refractivity contribution is 0.542. The minimum Gasteiger partial charge on any atom is -0.544 e. The number of nitrogens with one attached hydrogen (secondary N) is 1. The Morgan fingerprint density at radius 1 is 1.29 bits per heavy atom. The first-order valence-electron chi connectivity index (χ1n) is 7.19. The van der Waals surface area contributed by atoms with Crippen molar-refractivity contribution >= 4 is 14.0 Å². The number of imidazole rings is 1. The highest BCUT2D eigenvalue weighted by molar-refractivity contribution is 6.70. The highest BCUT2D eigenvalue weighted by atomic mass is 28.4. The van der Waals surface area contributed by atoms with Crippen molar-refractivity contribution in [3.63, 3.8) is 0 Å². The molecule has 0 aliphatic carbocycles. The molecule has 2 aromatic rings. The Labute approximate surface area is 127 Å². The zero-order chi connectivity index (χ0) is 15.5. The van der Waals surface area contributed by atoms with Gasteiger partial charge in [-0.3, -0.25) is 4.99 Å². The number of aliphatic imine (C=N–C) groups is 1. The van der Waals surface area contributed by atoms with Gasteiger partial charge >= 0.3 is 0 Å². The number of nitrogens with zero attached hydrogens (tertiary/aromatic N) is 2. The molecule has 0 aliphatic heterocycles. The van der Waals surface area contributed by atoms with Crippen LogP contribution in [-0.2, 0) is 0 Å². The van der Waals surface area contributed by atoms with Crippen LogP contribution in [0.15, 0.2) is 41.7 Å². The first kappa shape index (κ1) is 15.5. The van der Waals surface area contributed by atoms with Gasteiger partial charge in [0.25, 0.3) is 0 Å². The Balaban J connectivity index is 2.27. The molecule has 21 heavy (non-hydrogen) atoms. The molecular formula is C16H23N3OSi. The fraction of sp³-hybridized carbons (Fsp3) is 0.375. The molecule has 1 N–H and O–H groups in total. The van der Waals surface area contributed by atoms with Crippen molar-refractivity contribution in [3.8, 4) is 5.75 Å². The average molecular weight is 301 g/mol. The molecule has 1 atom stereocenters. The molecule has 0 saturated heterocycles. The summed E-state index contributed by atoms with van der Waals surface area (Å²) in [5.74, 6) is 1.76. The van der Waals surface area contributed by atoms with Crippen LogP contribution in [0.2, 0.25) is 19.6 Å². The molecule has 0 radical (unpaired) electrons. The van der Waals surface area contributed by atoms with Gasteiger partial charge in [-0.25, -0.2) is 4.98 Å². The zero-order valence-corrected chi connectivity index (χ0v) is 14.3. The standard InChI is InChI=1S/C16H23N3OSi/c1-12(19-13(2)16-17-10-11-18-16)14-8-6-7-9-15(14)20-21(3,4)5/h6-12H,1-5H3,(H,17,18)/b19-13+. The summed E-state index contributed by atoms with van der Waals surface area (Å²) in [5.41, 5.74) is 2.01. The number of benzene rings is 1. The minimum atomic E-state index is -1.64. The Hall–Kier alpha value is -1.88. The largest absolute Gasteiger partial charge is 0.544 e. The SMILES string of the molecule is C/C(=N\C(C)c1ccccc1O[Si](C)(C)C)c1ncc[nH]1. The monoisotopic (exact) mass is 301 g/mol. The van der Waals surface area contributed by atoms with Crippen molar-refractivity contribution in [2.45, 2.75) is 39.5 Å². The number of rotatable bonds is 5. The molecule has 0 aliphatic rings. The maximum Gasteiger partial charge on any atom is 0.242 e. The predicted octanol–water partition coefficient (Wildman–Crippen LogP) is 4.19. The van der Waals surface area contributed by atoms with E-state index in [0.717, 1.165) is 22.8 Å². The van der Waals surface area contributed by atoms with E-state index >= 15 is 0 Å². The smallest absolute Gasteiger partial charge is 0.242 e. The maximum absolute atomic E-state index is 6.17. The molecule has 112 valence electrons. The van der Waals surface area contributed by atoms with Gasteiger partial charge in [-0.05, 0) is 39.6 Å². The lowest BCUT2D eigenvalue weighted by Crippen LogP contribution is -2.29. The predicted molar refractivity (Wildman–Crippen MR) is 89.6 cm³/mol. The molecule has 0 fully saturated rings. The first-order chi connectivity index (χ1) is 9.87. The third-order valence-electron chi connectivity index (χ3n) is 3.01. The molecule has 1 unspecified atom stereocenters. The van der Waals surface area contributed by atoms with Crippen LogP contribution in [-0.4, -0.2) is 24.0 Å². The van der Waals surface area contributed by atoms with Gasteiger partial charge in [0.2, 0.25) is 8.32 Å². The second-order valence-electron chi connectivity index (χ2n) is 6.08. The van der Waals surface area contributed by atoms with E-state index in [1.807, 2.05) is 25.1 Å². The van der Waals surface area contributed by atoms with Crippen LogP contribution in [0.25, 0.3) is 0 Å². The van der Waals surface area contributed by atoms with Gasteiger partial charge in [0.05, 0.1) is 11.8 Å². The van der Waals surface area contributed by atoms with Crippen molar-refractivity contribution in [1.82, 2.24) is 9.97 Å². The van der Waals surface area contributed by atoms with Crippen LogP contribution in [0.3, 0.4) is 0 Å². The average Bonchev–Trinajstić information content (AvgIpc) is 2.91. The Morgan fingerprint density at radius 2 is 2.00 bits per heavy atom. The van der Waals surface area contributed by atoms with E-state index in [4.69, 9.17) is 9.42 Å². The van der Waals surface area contributed by atoms with Gasteiger partial charge in [-0.2, -0.15) is 0 Å². The minimum absolute atomic E-state index is 0.0302. The lowest BCUT2D eigenvalue weighted by atomic mass is 10.1. The van der Waals surface area contributed by atoms with Crippen LogP contribution >= 0.6 is 0 Å². The highest BCUT2D eigenvalue weighted by Gasteiger charge is 2.19. The van der Waals surface area contributed by atoms with Gasteiger partial charge in [0.1, 0.15) is 5.75 Å². The molecule has 2 rings (SSSR count). The summed E-state index contributed by atoms with van der Waals surface area (Å²) < 4.78 is 6.17. The second-order valence-corrected chi connectivity index (χ2v) is 10.5. The van der Waals surface area contributed by atoms with Gasteiger partial charge in [-0.15, -0.1) is 0 Å². The van der Waals surface area contributed by atoms with Gasteiger partial charge in [-0.1, -0.05) is 18.2 Å². The summed E-state index contributed by atoms with van der Waals surface area (Å²) in [4.78, 5) is 12.1. The number of para-hydroxylation sites is 1. The molecule has 4 nitrogen and oxygen atoms in total. The van der Waals surface area contributed by atoms with Crippen LogP contribution < -0.4 is 4.43 Å². The molecular weight excluding hydrogens is 278 g/mol. The zero-order valence-electron chi connectivity index (χ0n) is 13.3. The van der Waals surface area contributed by atoms with E-state index in [1.165, 1.54) is 0 Å². The Kier molecular flexibility index (Phi) is 4.62. The number of hydrogen-bond acceptors (Lipinski definition) is 3. The fourth-order valence-corrected chi connectivity index (χ4v) is 2.98. The van der Waals surface area contributed by atoms with Crippen molar-refractivity contribution in [3.05, 3.63) is 48.0 Å². The summed E-state index contributed by atoms with van der Waals surface area (Å²) in [6.45, 7) is 10.6. The van der Waals surface area contributed by atoms with Gasteiger partial charge in [0, 0.05) is 18.0 Å². The van der Waals surface area contributed by atoms with Crippen LogP contribution in [0, 0.1) is 0 Å². The molecule has 1 heterocycles. The molecule has 1 aromatic carbocycles. The van der Waals surface area contributed by atoms with Crippen molar-refractivity contribution in [2.24, 2.45) is 4.99 Å². The quantitative estimate of drug-likeness (QED) is 0.665. The molecule has 0 saturated carbocycles. The van der Waals surface area contributed by atoms with E-state index in [2.05, 4.69) is 42.6 Å².